The minimum absolute atomic E-state index is 0.0528. The number of benzene rings is 2. The van der Waals surface area contributed by atoms with Crippen LogP contribution in [-0.2, 0) is 10.5 Å². The van der Waals surface area contributed by atoms with Gasteiger partial charge in [0.25, 0.3) is 5.91 Å². The van der Waals surface area contributed by atoms with Crippen molar-refractivity contribution in [2.24, 2.45) is 0 Å². The number of pyridine rings is 1. The standard InChI is InChI=1S/C25H23ClN4O2/c1-2-28(22-9-5-6-14-27-22)17-23(31)29-15-16-30-24(32)20-7-3-4-8-21(20)25(29,30)18-10-12-19(26)13-11-18/h3-14H,2,15-17H2,1H3. The van der Waals surface area contributed by atoms with Crippen molar-refractivity contribution in [1.82, 2.24) is 14.8 Å². The molecule has 3 heterocycles. The molecule has 7 heteroatoms. The molecule has 3 aromatic rings. The summed E-state index contributed by atoms with van der Waals surface area (Å²) in [5.74, 6) is 0.644. The molecule has 1 unspecified atom stereocenters. The quantitative estimate of drug-likeness (QED) is 0.598. The first-order valence-corrected chi connectivity index (χ1v) is 11.1. The zero-order valence-electron chi connectivity index (χ0n) is 17.7. The Kier molecular flexibility index (Phi) is 5.10. The van der Waals surface area contributed by atoms with Gasteiger partial charge in [0.05, 0.1) is 6.54 Å². The first-order valence-electron chi connectivity index (χ1n) is 10.7. The van der Waals surface area contributed by atoms with E-state index in [0.29, 0.717) is 30.2 Å². The fraction of sp³-hybridized carbons (Fsp3) is 0.240. The van der Waals surface area contributed by atoms with Crippen molar-refractivity contribution in [3.8, 4) is 0 Å². The number of anilines is 1. The van der Waals surface area contributed by atoms with Gasteiger partial charge in [-0.25, -0.2) is 4.98 Å². The van der Waals surface area contributed by atoms with Crippen LogP contribution in [-0.4, -0.2) is 52.8 Å². The zero-order valence-corrected chi connectivity index (χ0v) is 18.5. The van der Waals surface area contributed by atoms with Gasteiger partial charge in [0, 0.05) is 47.5 Å². The topological polar surface area (TPSA) is 56.8 Å². The van der Waals surface area contributed by atoms with Crippen LogP contribution in [0.15, 0.2) is 72.9 Å². The third kappa shape index (κ3) is 2.98. The van der Waals surface area contributed by atoms with Gasteiger partial charge in [-0.15, -0.1) is 0 Å². The number of hydrogen-bond acceptors (Lipinski definition) is 4. The maximum absolute atomic E-state index is 13.8. The lowest BCUT2D eigenvalue weighted by Gasteiger charge is -2.41. The van der Waals surface area contributed by atoms with Gasteiger partial charge in [0.1, 0.15) is 5.82 Å². The molecule has 1 saturated heterocycles. The molecule has 2 aliphatic heterocycles. The molecule has 0 aliphatic carbocycles. The van der Waals surface area contributed by atoms with Gasteiger partial charge in [0.15, 0.2) is 5.66 Å². The minimum atomic E-state index is -0.973. The van der Waals surface area contributed by atoms with Gasteiger partial charge in [-0.05, 0) is 37.3 Å². The van der Waals surface area contributed by atoms with Crippen molar-refractivity contribution >= 4 is 29.2 Å². The zero-order chi connectivity index (χ0) is 22.3. The van der Waals surface area contributed by atoms with Crippen LogP contribution < -0.4 is 4.90 Å². The van der Waals surface area contributed by atoms with E-state index in [0.717, 1.165) is 16.9 Å². The van der Waals surface area contributed by atoms with E-state index in [1.54, 1.807) is 6.20 Å². The predicted octanol–water partition coefficient (Wildman–Crippen LogP) is 3.76. The third-order valence-electron chi connectivity index (χ3n) is 6.34. The lowest BCUT2D eigenvalue weighted by Crippen LogP contribution is -2.53. The number of nitrogens with zero attached hydrogens (tertiary/aromatic N) is 4. The summed E-state index contributed by atoms with van der Waals surface area (Å²) in [5.41, 5.74) is 1.35. The molecule has 2 aliphatic rings. The largest absolute Gasteiger partial charge is 0.348 e. The Bertz CT molecular complexity index is 1170. The Labute approximate surface area is 192 Å². The maximum Gasteiger partial charge on any atom is 0.256 e. The van der Waals surface area contributed by atoms with Crippen molar-refractivity contribution in [3.05, 3.63) is 94.6 Å². The fourth-order valence-corrected chi connectivity index (χ4v) is 5.05. The molecule has 162 valence electrons. The SMILES string of the molecule is CCN(CC(=O)N1CCN2C(=O)c3ccccc3C12c1ccc(Cl)cc1)c1ccccn1. The van der Waals surface area contributed by atoms with Crippen LogP contribution in [0.25, 0.3) is 0 Å². The molecule has 2 amide bonds. The first kappa shape index (κ1) is 20.5. The van der Waals surface area contributed by atoms with E-state index in [-0.39, 0.29) is 18.4 Å². The fourth-order valence-electron chi connectivity index (χ4n) is 4.93. The number of likely N-dealkylation sites (N-methyl/N-ethyl adjacent to an activating group) is 1. The number of amides is 2. The molecule has 0 bridgehead atoms. The van der Waals surface area contributed by atoms with Crippen molar-refractivity contribution in [2.45, 2.75) is 12.6 Å². The molecule has 5 rings (SSSR count). The van der Waals surface area contributed by atoms with Crippen LogP contribution in [0.5, 0.6) is 0 Å². The van der Waals surface area contributed by atoms with E-state index in [4.69, 9.17) is 11.6 Å². The number of hydrogen-bond donors (Lipinski definition) is 0. The van der Waals surface area contributed by atoms with Crippen LogP contribution >= 0.6 is 11.6 Å². The Morgan fingerprint density at radius 1 is 1.06 bits per heavy atom. The number of carbonyl (C=O) groups excluding carboxylic acids is 2. The normalized spacial score (nSPS) is 19.1. The van der Waals surface area contributed by atoms with E-state index >= 15 is 0 Å². The molecule has 32 heavy (non-hydrogen) atoms. The monoisotopic (exact) mass is 446 g/mol. The predicted molar refractivity (Wildman–Crippen MR) is 124 cm³/mol. The molecule has 0 spiro atoms. The summed E-state index contributed by atoms with van der Waals surface area (Å²) >= 11 is 6.17. The number of aromatic nitrogens is 1. The average Bonchev–Trinajstić information content (AvgIpc) is 3.34. The van der Waals surface area contributed by atoms with Gasteiger partial charge in [0.2, 0.25) is 5.91 Å². The molecular weight excluding hydrogens is 424 g/mol. The average molecular weight is 447 g/mol. The van der Waals surface area contributed by atoms with E-state index < -0.39 is 5.66 Å². The second kappa shape index (κ2) is 7.95. The number of fused-ring (bicyclic) bond motifs is 3. The van der Waals surface area contributed by atoms with Crippen LogP contribution in [0.4, 0.5) is 5.82 Å². The van der Waals surface area contributed by atoms with Crippen molar-refractivity contribution < 1.29 is 9.59 Å². The second-order valence-corrected chi connectivity index (χ2v) is 8.37. The van der Waals surface area contributed by atoms with Crippen molar-refractivity contribution in [2.75, 3.05) is 31.1 Å². The Hall–Kier alpha value is -3.38. The molecular formula is C25H23ClN4O2. The van der Waals surface area contributed by atoms with Crippen LogP contribution in [0.1, 0.15) is 28.4 Å². The number of halogens is 1. The Morgan fingerprint density at radius 3 is 2.53 bits per heavy atom. The van der Waals surface area contributed by atoms with Gasteiger partial charge >= 0.3 is 0 Å². The molecule has 1 fully saturated rings. The first-order chi connectivity index (χ1) is 15.6. The second-order valence-electron chi connectivity index (χ2n) is 7.93. The van der Waals surface area contributed by atoms with Crippen molar-refractivity contribution in [1.29, 1.82) is 0 Å². The molecule has 0 N–H and O–H groups in total. The molecule has 0 saturated carbocycles. The van der Waals surface area contributed by atoms with E-state index in [1.165, 1.54) is 0 Å². The Morgan fingerprint density at radius 2 is 1.81 bits per heavy atom. The summed E-state index contributed by atoms with van der Waals surface area (Å²) in [6.45, 7) is 3.75. The van der Waals surface area contributed by atoms with Gasteiger partial charge in [-0.3, -0.25) is 9.59 Å². The highest BCUT2D eigenvalue weighted by Gasteiger charge is 2.59. The molecule has 2 aromatic carbocycles. The van der Waals surface area contributed by atoms with Crippen LogP contribution in [0.2, 0.25) is 5.02 Å². The smallest absolute Gasteiger partial charge is 0.256 e. The number of carbonyl (C=O) groups is 2. The highest BCUT2D eigenvalue weighted by molar-refractivity contribution is 6.30. The van der Waals surface area contributed by atoms with Gasteiger partial charge in [-0.2, -0.15) is 0 Å². The summed E-state index contributed by atoms with van der Waals surface area (Å²) in [7, 11) is 0. The Balaban J connectivity index is 1.60. The van der Waals surface area contributed by atoms with E-state index in [1.807, 2.05) is 88.4 Å². The summed E-state index contributed by atoms with van der Waals surface area (Å²) in [5, 5.41) is 0.609. The lowest BCUT2D eigenvalue weighted by atomic mass is 9.90. The van der Waals surface area contributed by atoms with Crippen molar-refractivity contribution in [3.63, 3.8) is 0 Å². The maximum atomic E-state index is 13.8. The van der Waals surface area contributed by atoms with Crippen LogP contribution in [0.3, 0.4) is 0 Å². The molecule has 0 radical (unpaired) electrons. The summed E-state index contributed by atoms with van der Waals surface area (Å²) in [6, 6.07) is 20.7. The highest BCUT2D eigenvalue weighted by Crippen LogP contribution is 2.49. The third-order valence-corrected chi connectivity index (χ3v) is 6.59. The van der Waals surface area contributed by atoms with Gasteiger partial charge < -0.3 is 14.7 Å². The lowest BCUT2D eigenvalue weighted by molar-refractivity contribution is -0.135. The van der Waals surface area contributed by atoms with E-state index in [9.17, 15) is 9.59 Å². The van der Waals surface area contributed by atoms with Gasteiger partial charge in [-0.1, -0.05) is 48.0 Å². The molecule has 1 atom stereocenters. The summed E-state index contributed by atoms with van der Waals surface area (Å²) in [6.07, 6.45) is 1.72. The summed E-state index contributed by atoms with van der Waals surface area (Å²) in [4.78, 5) is 37.1. The molecule has 1 aromatic heterocycles. The van der Waals surface area contributed by atoms with Crippen LogP contribution in [0, 0.1) is 0 Å². The minimum Gasteiger partial charge on any atom is -0.348 e. The van der Waals surface area contributed by atoms with E-state index in [2.05, 4.69) is 4.98 Å². The highest BCUT2D eigenvalue weighted by atomic mass is 35.5. The summed E-state index contributed by atoms with van der Waals surface area (Å²) < 4.78 is 0. The number of rotatable bonds is 5. The molecule has 6 nitrogen and oxygen atoms in total.